The van der Waals surface area contributed by atoms with E-state index >= 15 is 0 Å². The third-order valence-corrected chi connectivity index (χ3v) is 6.38. The Bertz CT molecular complexity index is 792. The molecule has 160 valence electrons. The lowest BCUT2D eigenvalue weighted by Gasteiger charge is -2.38. The Balaban J connectivity index is 1.21. The van der Waals surface area contributed by atoms with Gasteiger partial charge in [0.25, 0.3) is 5.91 Å². The number of carbonyl (C=O) groups is 2. The number of rotatable bonds is 7. The van der Waals surface area contributed by atoms with Gasteiger partial charge in [-0.25, -0.2) is 0 Å². The number of nitriles is 1. The average Bonchev–Trinajstić information content (AvgIpc) is 3.59. The Morgan fingerprint density at radius 3 is 2.47 bits per heavy atom. The molecule has 4 rings (SSSR count). The highest BCUT2D eigenvalue weighted by Gasteiger charge is 2.31. The number of likely N-dealkylation sites (tertiary alicyclic amines) is 1. The predicted molar refractivity (Wildman–Crippen MR) is 112 cm³/mol. The molecule has 7 nitrogen and oxygen atoms in total. The predicted octanol–water partition coefficient (Wildman–Crippen LogP) is 1.64. The van der Waals surface area contributed by atoms with Crippen molar-refractivity contribution in [3.63, 3.8) is 0 Å². The van der Waals surface area contributed by atoms with Crippen LogP contribution in [0.25, 0.3) is 0 Å². The average molecular weight is 411 g/mol. The van der Waals surface area contributed by atoms with Crippen molar-refractivity contribution in [2.45, 2.75) is 31.8 Å². The summed E-state index contributed by atoms with van der Waals surface area (Å²) >= 11 is 0. The molecule has 0 aromatic heterocycles. The van der Waals surface area contributed by atoms with E-state index in [-0.39, 0.29) is 24.5 Å². The molecule has 0 radical (unpaired) electrons. The molecule has 30 heavy (non-hydrogen) atoms. The number of amides is 2. The number of ether oxygens (including phenoxy) is 1. The quantitative estimate of drug-likeness (QED) is 0.739. The zero-order valence-corrected chi connectivity index (χ0v) is 17.4. The summed E-state index contributed by atoms with van der Waals surface area (Å²) in [5.74, 6) is 1.33. The van der Waals surface area contributed by atoms with Crippen molar-refractivity contribution < 1.29 is 14.3 Å². The topological polar surface area (TPSA) is 85.7 Å². The molecule has 0 bridgehead atoms. The third-order valence-electron chi connectivity index (χ3n) is 6.38. The summed E-state index contributed by atoms with van der Waals surface area (Å²) in [6.45, 7) is 5.30. The number of hydrogen-bond acceptors (Lipinski definition) is 5. The van der Waals surface area contributed by atoms with Gasteiger partial charge in [0.15, 0.2) is 0 Å². The zero-order valence-electron chi connectivity index (χ0n) is 17.4. The molecular formula is C23H30N4O3. The van der Waals surface area contributed by atoms with Crippen molar-refractivity contribution in [3.05, 3.63) is 35.4 Å². The van der Waals surface area contributed by atoms with Gasteiger partial charge in [-0.2, -0.15) is 5.26 Å². The lowest BCUT2D eigenvalue weighted by atomic mass is 9.95. The molecule has 2 aliphatic heterocycles. The maximum atomic E-state index is 12.3. The molecule has 1 saturated carbocycles. The van der Waals surface area contributed by atoms with Crippen molar-refractivity contribution in [3.8, 4) is 6.07 Å². The van der Waals surface area contributed by atoms with Gasteiger partial charge in [-0.15, -0.1) is 0 Å². The lowest BCUT2D eigenvalue weighted by Crippen LogP contribution is -2.52. The smallest absolute Gasteiger partial charge is 0.251 e. The van der Waals surface area contributed by atoms with Crippen LogP contribution in [0.3, 0.4) is 0 Å². The fraction of sp³-hybridized carbons (Fsp3) is 0.609. The highest BCUT2D eigenvalue weighted by atomic mass is 16.5. The molecule has 1 aromatic rings. The Morgan fingerprint density at radius 2 is 1.80 bits per heavy atom. The molecule has 1 atom stereocenters. The van der Waals surface area contributed by atoms with Gasteiger partial charge in [0.2, 0.25) is 5.91 Å². The van der Waals surface area contributed by atoms with Crippen molar-refractivity contribution in [2.75, 3.05) is 45.9 Å². The number of nitrogens with one attached hydrogen (secondary N) is 1. The Hall–Kier alpha value is -2.43. The number of benzene rings is 1. The van der Waals surface area contributed by atoms with Crippen LogP contribution in [0.1, 0.15) is 41.6 Å². The first-order chi connectivity index (χ1) is 14.6. The zero-order chi connectivity index (χ0) is 20.9. The van der Waals surface area contributed by atoms with E-state index in [0.29, 0.717) is 30.1 Å². The van der Waals surface area contributed by atoms with Crippen molar-refractivity contribution in [1.29, 1.82) is 5.26 Å². The van der Waals surface area contributed by atoms with Crippen LogP contribution in [0.2, 0.25) is 0 Å². The van der Waals surface area contributed by atoms with E-state index in [1.165, 1.54) is 19.4 Å². The Kier molecular flexibility index (Phi) is 6.66. The molecular weight excluding hydrogens is 380 g/mol. The van der Waals surface area contributed by atoms with Crippen LogP contribution in [0.4, 0.5) is 0 Å². The van der Waals surface area contributed by atoms with E-state index in [9.17, 15) is 9.59 Å². The van der Waals surface area contributed by atoms with E-state index in [1.54, 1.807) is 24.3 Å². The van der Waals surface area contributed by atoms with Crippen LogP contribution in [0, 0.1) is 23.2 Å². The normalized spacial score (nSPS) is 23.2. The maximum absolute atomic E-state index is 12.3. The first-order valence-corrected chi connectivity index (χ1v) is 11.0. The van der Waals surface area contributed by atoms with Crippen LogP contribution in [0.15, 0.2) is 24.3 Å². The standard InChI is InChI=1S/C23H30N4O3/c24-11-17-3-5-20(6-4-17)23(29)25-12-21-15-27(22(28)16-30-21)14-19-7-9-26(10-8-19)13-18-1-2-18/h3-6,18-19,21H,1-2,7-10,12-16H2,(H,25,29). The van der Waals surface area contributed by atoms with Crippen molar-refractivity contribution in [1.82, 2.24) is 15.1 Å². The van der Waals surface area contributed by atoms with E-state index in [2.05, 4.69) is 10.2 Å². The minimum atomic E-state index is -0.199. The summed E-state index contributed by atoms with van der Waals surface area (Å²) in [5, 5.41) is 11.7. The molecule has 7 heteroatoms. The molecule has 3 aliphatic rings. The van der Waals surface area contributed by atoms with E-state index in [0.717, 1.165) is 38.4 Å². The second-order valence-electron chi connectivity index (χ2n) is 8.82. The number of piperidine rings is 1. The molecule has 3 fully saturated rings. The van der Waals surface area contributed by atoms with Gasteiger partial charge >= 0.3 is 0 Å². The fourth-order valence-electron chi connectivity index (χ4n) is 4.31. The summed E-state index contributed by atoms with van der Waals surface area (Å²) in [7, 11) is 0. The second-order valence-corrected chi connectivity index (χ2v) is 8.82. The van der Waals surface area contributed by atoms with E-state index in [4.69, 9.17) is 10.00 Å². The van der Waals surface area contributed by atoms with Crippen molar-refractivity contribution in [2.24, 2.45) is 11.8 Å². The number of carbonyl (C=O) groups excluding carboxylic acids is 2. The van der Waals surface area contributed by atoms with E-state index in [1.807, 2.05) is 11.0 Å². The molecule has 1 unspecified atom stereocenters. The number of morpholine rings is 1. The number of nitrogens with zero attached hydrogens (tertiary/aromatic N) is 3. The molecule has 1 aliphatic carbocycles. The van der Waals surface area contributed by atoms with Crippen LogP contribution >= 0.6 is 0 Å². The minimum Gasteiger partial charge on any atom is -0.365 e. The SMILES string of the molecule is N#Cc1ccc(C(=O)NCC2CN(CC3CCN(CC4CC4)CC3)C(=O)CO2)cc1. The van der Waals surface area contributed by atoms with Gasteiger partial charge in [-0.3, -0.25) is 9.59 Å². The maximum Gasteiger partial charge on any atom is 0.251 e. The Morgan fingerprint density at radius 1 is 1.10 bits per heavy atom. The van der Waals surface area contributed by atoms with Gasteiger partial charge < -0.3 is 19.9 Å². The summed E-state index contributed by atoms with van der Waals surface area (Å²) in [5.41, 5.74) is 1.03. The molecule has 2 heterocycles. The largest absolute Gasteiger partial charge is 0.365 e. The second kappa shape index (κ2) is 9.59. The summed E-state index contributed by atoms with van der Waals surface area (Å²) in [6.07, 6.45) is 4.89. The third kappa shape index (κ3) is 5.59. The van der Waals surface area contributed by atoms with Crippen LogP contribution < -0.4 is 5.32 Å². The molecule has 2 amide bonds. The highest BCUT2D eigenvalue weighted by molar-refractivity contribution is 5.94. The summed E-state index contributed by atoms with van der Waals surface area (Å²) in [4.78, 5) is 29.2. The number of hydrogen-bond donors (Lipinski definition) is 1. The minimum absolute atomic E-state index is 0.0464. The first kappa shape index (κ1) is 20.8. The van der Waals surface area contributed by atoms with Gasteiger partial charge in [0.1, 0.15) is 6.61 Å². The van der Waals surface area contributed by atoms with E-state index < -0.39 is 0 Å². The van der Waals surface area contributed by atoms with Gasteiger partial charge in [0.05, 0.1) is 17.7 Å². The molecule has 1 N–H and O–H groups in total. The Labute approximate surface area is 178 Å². The fourth-order valence-corrected chi connectivity index (χ4v) is 4.31. The summed E-state index contributed by atoms with van der Waals surface area (Å²) in [6, 6.07) is 8.58. The van der Waals surface area contributed by atoms with Crippen LogP contribution in [-0.2, 0) is 9.53 Å². The summed E-state index contributed by atoms with van der Waals surface area (Å²) < 4.78 is 5.64. The highest BCUT2D eigenvalue weighted by Crippen LogP contribution is 2.31. The van der Waals surface area contributed by atoms with Gasteiger partial charge in [-0.1, -0.05) is 0 Å². The lowest BCUT2D eigenvalue weighted by molar-refractivity contribution is -0.149. The van der Waals surface area contributed by atoms with Crippen LogP contribution in [-0.4, -0.2) is 73.6 Å². The van der Waals surface area contributed by atoms with Crippen LogP contribution in [0.5, 0.6) is 0 Å². The van der Waals surface area contributed by atoms with Crippen molar-refractivity contribution >= 4 is 11.8 Å². The molecule has 0 spiro atoms. The van der Waals surface area contributed by atoms with Gasteiger partial charge in [0, 0.05) is 31.7 Å². The molecule has 2 saturated heterocycles. The van der Waals surface area contributed by atoms with Gasteiger partial charge in [-0.05, 0) is 74.9 Å². The monoisotopic (exact) mass is 410 g/mol. The first-order valence-electron chi connectivity index (χ1n) is 11.0. The molecule has 1 aromatic carbocycles.